The third-order valence-electron chi connectivity index (χ3n) is 2.81. The first-order chi connectivity index (χ1) is 9.06. The monoisotopic (exact) mass is 319 g/mol. The van der Waals surface area contributed by atoms with Gasteiger partial charge in [0.2, 0.25) is 0 Å². The topological polar surface area (TPSA) is 35.2 Å². The Labute approximate surface area is 122 Å². The fourth-order valence-electron chi connectivity index (χ4n) is 1.96. The number of para-hydroxylation sites is 1. The molecule has 0 radical (unpaired) electrons. The lowest BCUT2D eigenvalue weighted by atomic mass is 10.0. The van der Waals surface area contributed by atoms with Gasteiger partial charge in [-0.2, -0.15) is 0 Å². The third-order valence-corrected chi connectivity index (χ3v) is 3.47. The van der Waals surface area contributed by atoms with Crippen LogP contribution in [0.3, 0.4) is 0 Å². The van der Waals surface area contributed by atoms with E-state index in [9.17, 15) is 0 Å². The molecular weight excluding hydrogens is 302 g/mol. The van der Waals surface area contributed by atoms with Gasteiger partial charge in [-0.3, -0.25) is 0 Å². The van der Waals surface area contributed by atoms with Crippen LogP contribution in [-0.2, 0) is 6.42 Å². The maximum Gasteiger partial charge on any atom is 0.141 e. The van der Waals surface area contributed by atoms with Crippen LogP contribution in [0.25, 0.3) is 0 Å². The molecule has 2 aromatic carbocycles. The standard InChI is InChI=1S/C16H18BrNO/c1-11-7-8-15(13(9-11)10-12(2)18)19-16-6-4-3-5-14(16)17/h3-9,12H,10,18H2,1-2H3. The zero-order chi connectivity index (χ0) is 13.8. The number of ether oxygens (including phenoxy) is 1. The lowest BCUT2D eigenvalue weighted by molar-refractivity contribution is 0.471. The van der Waals surface area contributed by atoms with Crippen molar-refractivity contribution < 1.29 is 4.74 Å². The number of aryl methyl sites for hydroxylation is 1. The van der Waals surface area contributed by atoms with Crippen molar-refractivity contribution in [2.45, 2.75) is 26.3 Å². The second-order valence-corrected chi connectivity index (χ2v) is 5.68. The van der Waals surface area contributed by atoms with E-state index in [-0.39, 0.29) is 6.04 Å². The summed E-state index contributed by atoms with van der Waals surface area (Å²) in [5.74, 6) is 1.69. The lowest BCUT2D eigenvalue weighted by Crippen LogP contribution is -2.18. The Balaban J connectivity index is 2.32. The second kappa shape index (κ2) is 6.22. The molecule has 0 saturated carbocycles. The van der Waals surface area contributed by atoms with Crippen molar-refractivity contribution in [1.29, 1.82) is 0 Å². The summed E-state index contributed by atoms with van der Waals surface area (Å²) in [7, 11) is 0. The van der Waals surface area contributed by atoms with E-state index in [1.165, 1.54) is 5.56 Å². The van der Waals surface area contributed by atoms with Gasteiger partial charge in [-0.15, -0.1) is 0 Å². The number of nitrogens with two attached hydrogens (primary N) is 1. The first-order valence-corrected chi connectivity index (χ1v) is 7.13. The first kappa shape index (κ1) is 14.1. The van der Waals surface area contributed by atoms with Crippen molar-refractivity contribution >= 4 is 15.9 Å². The minimum Gasteiger partial charge on any atom is -0.456 e. The molecule has 2 rings (SSSR count). The van der Waals surface area contributed by atoms with E-state index in [4.69, 9.17) is 10.5 Å². The molecule has 0 aliphatic heterocycles. The van der Waals surface area contributed by atoms with Crippen LogP contribution in [0.15, 0.2) is 46.9 Å². The Morgan fingerprint density at radius 3 is 2.58 bits per heavy atom. The molecule has 1 unspecified atom stereocenters. The normalized spacial score (nSPS) is 12.2. The van der Waals surface area contributed by atoms with Crippen LogP contribution >= 0.6 is 15.9 Å². The fraction of sp³-hybridized carbons (Fsp3) is 0.250. The van der Waals surface area contributed by atoms with Crippen molar-refractivity contribution in [2.24, 2.45) is 5.73 Å². The van der Waals surface area contributed by atoms with Crippen molar-refractivity contribution in [1.82, 2.24) is 0 Å². The summed E-state index contributed by atoms with van der Waals surface area (Å²) in [5, 5.41) is 0. The summed E-state index contributed by atoms with van der Waals surface area (Å²) in [6.07, 6.45) is 0.807. The van der Waals surface area contributed by atoms with Crippen LogP contribution in [0.1, 0.15) is 18.1 Å². The van der Waals surface area contributed by atoms with Gasteiger partial charge in [0.05, 0.1) is 4.47 Å². The molecule has 2 nitrogen and oxygen atoms in total. The molecular formula is C16H18BrNO. The lowest BCUT2D eigenvalue weighted by Gasteiger charge is -2.14. The highest BCUT2D eigenvalue weighted by molar-refractivity contribution is 9.10. The van der Waals surface area contributed by atoms with Crippen molar-refractivity contribution in [3.8, 4) is 11.5 Å². The molecule has 0 aliphatic rings. The summed E-state index contributed by atoms with van der Waals surface area (Å²) < 4.78 is 6.94. The Kier molecular flexibility index (Phi) is 4.61. The fourth-order valence-corrected chi connectivity index (χ4v) is 2.33. The van der Waals surface area contributed by atoms with Gasteiger partial charge in [0, 0.05) is 6.04 Å². The van der Waals surface area contributed by atoms with Gasteiger partial charge in [-0.1, -0.05) is 29.8 Å². The summed E-state index contributed by atoms with van der Waals surface area (Å²) >= 11 is 3.49. The highest BCUT2D eigenvalue weighted by Crippen LogP contribution is 2.32. The van der Waals surface area contributed by atoms with Crippen molar-refractivity contribution in [3.63, 3.8) is 0 Å². The highest BCUT2D eigenvalue weighted by atomic mass is 79.9. The van der Waals surface area contributed by atoms with Gasteiger partial charge in [0.25, 0.3) is 0 Å². The molecule has 0 spiro atoms. The molecule has 0 aliphatic carbocycles. The molecule has 0 fully saturated rings. The molecule has 100 valence electrons. The molecule has 3 heteroatoms. The molecule has 0 heterocycles. The van der Waals surface area contributed by atoms with E-state index < -0.39 is 0 Å². The minimum atomic E-state index is 0.114. The maximum atomic E-state index is 5.99. The summed E-state index contributed by atoms with van der Waals surface area (Å²) in [4.78, 5) is 0. The van der Waals surface area contributed by atoms with E-state index in [1.54, 1.807) is 0 Å². The van der Waals surface area contributed by atoms with Crippen molar-refractivity contribution in [2.75, 3.05) is 0 Å². The smallest absolute Gasteiger partial charge is 0.141 e. The van der Waals surface area contributed by atoms with Crippen LogP contribution in [0.5, 0.6) is 11.5 Å². The van der Waals surface area contributed by atoms with Crippen LogP contribution in [-0.4, -0.2) is 6.04 Å². The molecule has 1 atom stereocenters. The molecule has 19 heavy (non-hydrogen) atoms. The van der Waals surface area contributed by atoms with E-state index in [0.29, 0.717) is 0 Å². The van der Waals surface area contributed by atoms with Gasteiger partial charge >= 0.3 is 0 Å². The predicted octanol–water partition coefficient (Wildman–Crippen LogP) is 4.44. The Hall–Kier alpha value is -1.32. The number of hydrogen-bond donors (Lipinski definition) is 1. The van der Waals surface area contributed by atoms with Gasteiger partial charge < -0.3 is 10.5 Å². The predicted molar refractivity (Wildman–Crippen MR) is 82.7 cm³/mol. The average molecular weight is 320 g/mol. The minimum absolute atomic E-state index is 0.114. The zero-order valence-electron chi connectivity index (χ0n) is 11.2. The Morgan fingerprint density at radius 1 is 1.16 bits per heavy atom. The summed E-state index contributed by atoms with van der Waals surface area (Å²) in [6, 6.07) is 14.1. The largest absolute Gasteiger partial charge is 0.456 e. The number of benzene rings is 2. The molecule has 2 N–H and O–H groups in total. The molecule has 0 amide bonds. The van der Waals surface area contributed by atoms with Crippen LogP contribution in [0.4, 0.5) is 0 Å². The maximum absolute atomic E-state index is 5.99. The van der Waals surface area contributed by atoms with E-state index >= 15 is 0 Å². The molecule has 2 aromatic rings. The number of rotatable bonds is 4. The molecule has 0 saturated heterocycles. The van der Waals surface area contributed by atoms with Crippen LogP contribution < -0.4 is 10.5 Å². The van der Waals surface area contributed by atoms with E-state index in [1.807, 2.05) is 37.3 Å². The van der Waals surface area contributed by atoms with Gasteiger partial charge in [-0.05, 0) is 60.0 Å². The van der Waals surface area contributed by atoms with Crippen molar-refractivity contribution in [3.05, 3.63) is 58.1 Å². The molecule has 0 aromatic heterocycles. The van der Waals surface area contributed by atoms with Gasteiger partial charge in [-0.25, -0.2) is 0 Å². The van der Waals surface area contributed by atoms with Gasteiger partial charge in [0.1, 0.15) is 11.5 Å². The van der Waals surface area contributed by atoms with E-state index in [0.717, 1.165) is 28.0 Å². The van der Waals surface area contributed by atoms with E-state index in [2.05, 4.69) is 35.0 Å². The molecule has 0 bridgehead atoms. The quantitative estimate of drug-likeness (QED) is 0.904. The Bertz CT molecular complexity index is 566. The average Bonchev–Trinajstić information content (AvgIpc) is 2.34. The SMILES string of the molecule is Cc1ccc(Oc2ccccc2Br)c(CC(C)N)c1. The zero-order valence-corrected chi connectivity index (χ0v) is 12.8. The van der Waals surface area contributed by atoms with Crippen LogP contribution in [0, 0.1) is 6.92 Å². The third kappa shape index (κ3) is 3.82. The second-order valence-electron chi connectivity index (χ2n) is 4.83. The summed E-state index contributed by atoms with van der Waals surface area (Å²) in [5.41, 5.74) is 8.26. The number of hydrogen-bond acceptors (Lipinski definition) is 2. The first-order valence-electron chi connectivity index (χ1n) is 6.34. The van der Waals surface area contributed by atoms with Gasteiger partial charge in [0.15, 0.2) is 0 Å². The number of halogens is 1. The summed E-state index contributed by atoms with van der Waals surface area (Å²) in [6.45, 7) is 4.08. The van der Waals surface area contributed by atoms with Crippen LogP contribution in [0.2, 0.25) is 0 Å². The Morgan fingerprint density at radius 2 is 1.89 bits per heavy atom. The highest BCUT2D eigenvalue weighted by Gasteiger charge is 2.09.